The second-order valence-corrected chi connectivity index (χ2v) is 6.85. The topological polar surface area (TPSA) is 50.8 Å². The zero-order chi connectivity index (χ0) is 19.5. The maximum Gasteiger partial charge on any atom is 0.197 e. The van der Waals surface area contributed by atoms with Crippen LogP contribution in [0.2, 0.25) is 0 Å². The molecule has 2 aromatic rings. The molecule has 2 atom stereocenters. The largest absolute Gasteiger partial charge is 0.441 e. The van der Waals surface area contributed by atoms with E-state index < -0.39 is 0 Å². The highest BCUT2D eigenvalue weighted by Crippen LogP contribution is 2.29. The summed E-state index contributed by atoms with van der Waals surface area (Å²) in [5.74, 6) is 0.570. The van der Waals surface area contributed by atoms with E-state index in [2.05, 4.69) is 16.0 Å². The number of benzene rings is 2. The first-order chi connectivity index (χ1) is 13.6. The minimum atomic E-state index is -0.320. The highest BCUT2D eigenvalue weighted by Gasteiger charge is 2.30. The fourth-order valence-corrected chi connectivity index (χ4v) is 3.47. The zero-order valence-corrected chi connectivity index (χ0v) is 15.3. The van der Waals surface area contributed by atoms with Gasteiger partial charge in [0.15, 0.2) is 5.88 Å². The van der Waals surface area contributed by atoms with Gasteiger partial charge >= 0.3 is 0 Å². The van der Waals surface area contributed by atoms with E-state index in [0.29, 0.717) is 24.7 Å². The van der Waals surface area contributed by atoms with Crippen LogP contribution < -0.4 is 10.5 Å². The van der Waals surface area contributed by atoms with E-state index in [1.54, 1.807) is 30.5 Å². The van der Waals surface area contributed by atoms with Crippen LogP contribution in [0.1, 0.15) is 12.0 Å². The molecule has 4 nitrogen and oxygen atoms in total. The number of ether oxygens (including phenoxy) is 1. The fourth-order valence-electron chi connectivity index (χ4n) is 3.47. The van der Waals surface area contributed by atoms with Crippen molar-refractivity contribution in [2.45, 2.75) is 18.5 Å². The summed E-state index contributed by atoms with van der Waals surface area (Å²) < 4.78 is 32.6. The Kier molecular flexibility index (Phi) is 5.21. The van der Waals surface area contributed by atoms with E-state index in [9.17, 15) is 8.78 Å². The van der Waals surface area contributed by atoms with Crippen LogP contribution in [0.15, 0.2) is 71.6 Å². The maximum absolute atomic E-state index is 13.3. The third kappa shape index (κ3) is 3.97. The van der Waals surface area contributed by atoms with Crippen molar-refractivity contribution in [1.82, 2.24) is 4.90 Å². The second-order valence-electron chi connectivity index (χ2n) is 6.85. The van der Waals surface area contributed by atoms with Gasteiger partial charge in [-0.05, 0) is 54.0 Å². The first-order valence-corrected chi connectivity index (χ1v) is 9.23. The molecule has 2 aliphatic rings. The quantitative estimate of drug-likeness (QED) is 0.878. The Labute approximate surface area is 162 Å². The van der Waals surface area contributed by atoms with E-state index in [1.165, 1.54) is 24.3 Å². The number of hydrogen-bond donors (Lipinski definition) is 1. The van der Waals surface area contributed by atoms with Crippen LogP contribution in [0.3, 0.4) is 0 Å². The van der Waals surface area contributed by atoms with Crippen molar-refractivity contribution in [2.75, 3.05) is 13.1 Å². The molecule has 0 aromatic heterocycles. The van der Waals surface area contributed by atoms with Crippen LogP contribution in [0.4, 0.5) is 8.78 Å². The molecule has 0 amide bonds. The van der Waals surface area contributed by atoms with Gasteiger partial charge in [-0.3, -0.25) is 4.99 Å². The van der Waals surface area contributed by atoms with Gasteiger partial charge in [-0.15, -0.1) is 0 Å². The van der Waals surface area contributed by atoms with Gasteiger partial charge in [0, 0.05) is 25.4 Å². The van der Waals surface area contributed by atoms with Crippen molar-refractivity contribution in [1.29, 1.82) is 0 Å². The molecular formula is C22H21F2N3O. The van der Waals surface area contributed by atoms with Crippen molar-refractivity contribution in [3.63, 3.8) is 0 Å². The second kappa shape index (κ2) is 7.94. The minimum absolute atomic E-state index is 0.0511. The van der Waals surface area contributed by atoms with Gasteiger partial charge in [-0.1, -0.05) is 18.2 Å². The first kappa shape index (κ1) is 18.4. The van der Waals surface area contributed by atoms with Crippen LogP contribution in [0, 0.1) is 11.6 Å². The third-order valence-electron chi connectivity index (χ3n) is 4.96. The lowest BCUT2D eigenvalue weighted by Gasteiger charge is -2.39. The number of allylic oxidation sites excluding steroid dienone is 2. The summed E-state index contributed by atoms with van der Waals surface area (Å²) in [7, 11) is 0. The summed E-state index contributed by atoms with van der Waals surface area (Å²) >= 11 is 0. The van der Waals surface area contributed by atoms with E-state index in [1.807, 2.05) is 6.08 Å². The molecule has 0 spiro atoms. The summed E-state index contributed by atoms with van der Waals surface area (Å²) in [5.41, 5.74) is 8.10. The average Bonchev–Trinajstić information content (AvgIpc) is 2.71. The molecule has 2 aliphatic heterocycles. The van der Waals surface area contributed by atoms with E-state index >= 15 is 0 Å². The molecule has 0 radical (unpaired) electrons. The number of nitrogens with zero attached hydrogens (tertiary/aromatic N) is 2. The standard InChI is InChI=1S/C22H21F2N3O/c23-17-3-1-15(2-4-17)16-10-12-27(21-9-11-26-14-20(21)25)22(13-16)28-19-7-5-18(24)6-8-19/h1-8,10,13-14,20-21H,9,11-12,25H2. The van der Waals surface area contributed by atoms with Gasteiger partial charge in [-0.25, -0.2) is 8.78 Å². The molecule has 144 valence electrons. The Morgan fingerprint density at radius 3 is 2.36 bits per heavy atom. The van der Waals surface area contributed by atoms with E-state index in [-0.39, 0.29) is 23.7 Å². The molecule has 0 saturated carbocycles. The fraction of sp³-hybridized carbons (Fsp3) is 0.227. The van der Waals surface area contributed by atoms with Crippen LogP contribution in [0.5, 0.6) is 5.75 Å². The number of halogens is 2. The molecule has 0 fully saturated rings. The third-order valence-corrected chi connectivity index (χ3v) is 4.96. The lowest BCUT2D eigenvalue weighted by molar-refractivity contribution is 0.162. The van der Waals surface area contributed by atoms with Gasteiger partial charge in [-0.2, -0.15) is 0 Å². The summed E-state index contributed by atoms with van der Waals surface area (Å²) in [6, 6.07) is 12.1. The summed E-state index contributed by atoms with van der Waals surface area (Å²) in [6.07, 6.45) is 6.59. The predicted octanol–water partition coefficient (Wildman–Crippen LogP) is 3.75. The Hall–Kier alpha value is -2.99. The van der Waals surface area contributed by atoms with Gasteiger partial charge in [0.05, 0.1) is 12.1 Å². The lowest BCUT2D eigenvalue weighted by atomic mass is 9.98. The highest BCUT2D eigenvalue weighted by molar-refractivity contribution is 5.75. The summed E-state index contributed by atoms with van der Waals surface area (Å²) in [6.45, 7) is 1.32. The van der Waals surface area contributed by atoms with E-state index in [0.717, 1.165) is 17.6 Å². The van der Waals surface area contributed by atoms with Gasteiger partial charge in [0.1, 0.15) is 17.4 Å². The number of rotatable bonds is 4. The van der Waals surface area contributed by atoms with Crippen LogP contribution in [-0.2, 0) is 0 Å². The minimum Gasteiger partial charge on any atom is -0.441 e. The molecule has 6 heteroatoms. The summed E-state index contributed by atoms with van der Waals surface area (Å²) in [5, 5.41) is 0. The maximum atomic E-state index is 13.3. The number of aliphatic imine (C=N–C) groups is 1. The van der Waals surface area contributed by atoms with Crippen molar-refractivity contribution >= 4 is 11.8 Å². The Morgan fingerprint density at radius 2 is 1.68 bits per heavy atom. The first-order valence-electron chi connectivity index (χ1n) is 9.23. The van der Waals surface area contributed by atoms with Gasteiger partial charge in [0.25, 0.3) is 0 Å². The molecule has 2 N–H and O–H groups in total. The van der Waals surface area contributed by atoms with Crippen molar-refractivity contribution < 1.29 is 13.5 Å². The average molecular weight is 381 g/mol. The normalized spacial score (nSPS) is 21.9. The zero-order valence-electron chi connectivity index (χ0n) is 15.3. The molecule has 2 aromatic carbocycles. The molecule has 0 bridgehead atoms. The van der Waals surface area contributed by atoms with Crippen LogP contribution in [-0.4, -0.2) is 36.3 Å². The van der Waals surface area contributed by atoms with Crippen molar-refractivity contribution in [2.24, 2.45) is 10.7 Å². The van der Waals surface area contributed by atoms with Crippen LogP contribution >= 0.6 is 0 Å². The van der Waals surface area contributed by atoms with Crippen LogP contribution in [0.25, 0.3) is 5.57 Å². The number of hydrogen-bond acceptors (Lipinski definition) is 4. The Morgan fingerprint density at radius 1 is 1.00 bits per heavy atom. The van der Waals surface area contributed by atoms with Crippen molar-refractivity contribution in [3.05, 3.63) is 83.8 Å². The SMILES string of the molecule is NC1C=NCCC1N1CC=C(c2ccc(F)cc2)C=C1Oc1ccc(F)cc1. The Balaban J connectivity index is 1.65. The number of nitrogens with two attached hydrogens (primary N) is 1. The molecule has 28 heavy (non-hydrogen) atoms. The lowest BCUT2D eigenvalue weighted by Crippen LogP contribution is -2.51. The monoisotopic (exact) mass is 381 g/mol. The molecule has 0 saturated heterocycles. The highest BCUT2D eigenvalue weighted by atomic mass is 19.1. The summed E-state index contributed by atoms with van der Waals surface area (Å²) in [4.78, 5) is 6.37. The molecular weight excluding hydrogens is 360 g/mol. The molecule has 0 aliphatic carbocycles. The molecule has 4 rings (SSSR count). The van der Waals surface area contributed by atoms with Gasteiger partial charge < -0.3 is 15.4 Å². The predicted molar refractivity (Wildman–Crippen MR) is 106 cm³/mol. The van der Waals surface area contributed by atoms with E-state index in [4.69, 9.17) is 10.5 Å². The van der Waals surface area contributed by atoms with Gasteiger partial charge in [0.2, 0.25) is 0 Å². The van der Waals surface area contributed by atoms with Crippen molar-refractivity contribution in [3.8, 4) is 5.75 Å². The smallest absolute Gasteiger partial charge is 0.197 e. The molecule has 2 heterocycles. The molecule has 2 unspecified atom stereocenters. The Bertz CT molecular complexity index is 920.